The second-order valence-corrected chi connectivity index (χ2v) is 8.27. The van der Waals surface area contributed by atoms with Crippen molar-refractivity contribution in [1.82, 2.24) is 0 Å². The first-order valence-electron chi connectivity index (χ1n) is 15.0. The Morgan fingerprint density at radius 1 is 0.238 bits per heavy atom. The van der Waals surface area contributed by atoms with E-state index in [1.807, 2.05) is 6.92 Å². The van der Waals surface area contributed by atoms with Crippen LogP contribution in [0, 0.1) is 0 Å². The average Bonchev–Trinajstić information content (AvgIpc) is 3.00. The van der Waals surface area contributed by atoms with Crippen LogP contribution in [0.15, 0.2) is 0 Å². The molecule has 0 saturated heterocycles. The molecule has 0 fully saturated rings. The van der Waals surface area contributed by atoms with Gasteiger partial charge in [0.1, 0.15) is 0 Å². The Morgan fingerprint density at radius 3 is 0.524 bits per heavy atom. The fourth-order valence-electron chi connectivity index (χ4n) is 2.85. The van der Waals surface area contributed by atoms with Crippen LogP contribution < -0.4 is 0 Å². The SMILES string of the molecule is CCOCCOCCOCCOCCOCCOCCOCCOCCOCCOCCOCCOCCOCCO. The van der Waals surface area contributed by atoms with Crippen molar-refractivity contribution in [3.63, 3.8) is 0 Å². The molecule has 0 bridgehead atoms. The summed E-state index contributed by atoms with van der Waals surface area (Å²) in [5.41, 5.74) is 0. The number of aliphatic hydroxyl groups is 1. The van der Waals surface area contributed by atoms with Gasteiger partial charge in [0.15, 0.2) is 0 Å². The van der Waals surface area contributed by atoms with Crippen molar-refractivity contribution in [2.45, 2.75) is 6.92 Å². The molecule has 0 atom stereocenters. The van der Waals surface area contributed by atoms with Crippen LogP contribution in [0.5, 0.6) is 0 Å². The van der Waals surface area contributed by atoms with Crippen LogP contribution in [-0.2, 0) is 61.6 Å². The quantitative estimate of drug-likeness (QED) is 0.0939. The topological polar surface area (TPSA) is 140 Å². The van der Waals surface area contributed by atoms with Crippen molar-refractivity contribution in [2.75, 3.05) is 178 Å². The first-order chi connectivity index (χ1) is 20.9. The molecule has 0 aliphatic heterocycles. The molecule has 0 spiro atoms. The Morgan fingerprint density at radius 2 is 0.381 bits per heavy atom. The van der Waals surface area contributed by atoms with Gasteiger partial charge in [-0.3, -0.25) is 0 Å². The van der Waals surface area contributed by atoms with Gasteiger partial charge in [0, 0.05) is 6.61 Å². The van der Waals surface area contributed by atoms with Gasteiger partial charge in [0.25, 0.3) is 0 Å². The molecule has 0 amide bonds. The first-order valence-corrected chi connectivity index (χ1v) is 15.0. The molecule has 14 nitrogen and oxygen atoms in total. The summed E-state index contributed by atoms with van der Waals surface area (Å²) in [6, 6.07) is 0. The minimum atomic E-state index is 0.0256. The Hall–Kier alpha value is -0.560. The highest BCUT2D eigenvalue weighted by atomic mass is 16.6. The Kier molecular flexibility index (Phi) is 39.9. The number of hydrogen-bond donors (Lipinski definition) is 1. The molecule has 0 radical (unpaired) electrons. The Balaban J connectivity index is 3.02. The Bertz CT molecular complexity index is 424. The van der Waals surface area contributed by atoms with E-state index in [-0.39, 0.29) is 6.61 Å². The lowest BCUT2D eigenvalue weighted by Gasteiger charge is -2.09. The highest BCUT2D eigenvalue weighted by Gasteiger charge is 1.96. The predicted molar refractivity (Wildman–Crippen MR) is 153 cm³/mol. The predicted octanol–water partition coefficient (Wildman–Crippen LogP) is 0.214. The molecule has 0 unspecified atom stereocenters. The smallest absolute Gasteiger partial charge is 0.0701 e. The van der Waals surface area contributed by atoms with Crippen LogP contribution in [0.2, 0.25) is 0 Å². The summed E-state index contributed by atoms with van der Waals surface area (Å²) in [7, 11) is 0. The lowest BCUT2D eigenvalue weighted by molar-refractivity contribution is -0.0291. The molecule has 14 heteroatoms. The van der Waals surface area contributed by atoms with Crippen LogP contribution in [0.25, 0.3) is 0 Å². The van der Waals surface area contributed by atoms with Crippen LogP contribution in [0.1, 0.15) is 6.92 Å². The molecule has 0 rings (SSSR count). The van der Waals surface area contributed by atoms with Gasteiger partial charge in [-0.2, -0.15) is 0 Å². The van der Waals surface area contributed by atoms with E-state index >= 15 is 0 Å². The van der Waals surface area contributed by atoms with Gasteiger partial charge in [0.05, 0.1) is 172 Å². The number of ether oxygens (including phenoxy) is 13. The largest absolute Gasteiger partial charge is 0.394 e. The maximum atomic E-state index is 8.57. The van der Waals surface area contributed by atoms with Crippen molar-refractivity contribution >= 4 is 0 Å². The third kappa shape index (κ3) is 39.4. The summed E-state index contributed by atoms with van der Waals surface area (Å²) in [5, 5.41) is 8.57. The van der Waals surface area contributed by atoms with Crippen molar-refractivity contribution in [2.24, 2.45) is 0 Å². The normalized spacial score (nSPS) is 11.6. The lowest BCUT2D eigenvalue weighted by Crippen LogP contribution is -2.15. The molecule has 0 aromatic heterocycles. The zero-order valence-corrected chi connectivity index (χ0v) is 25.8. The van der Waals surface area contributed by atoms with Gasteiger partial charge in [-0.05, 0) is 6.92 Å². The molecule has 0 saturated carbocycles. The van der Waals surface area contributed by atoms with Gasteiger partial charge >= 0.3 is 0 Å². The fourth-order valence-corrected chi connectivity index (χ4v) is 2.85. The van der Waals surface area contributed by atoms with Crippen LogP contribution in [0.4, 0.5) is 0 Å². The van der Waals surface area contributed by atoms with E-state index in [0.29, 0.717) is 172 Å². The van der Waals surface area contributed by atoms with Crippen molar-refractivity contribution in [1.29, 1.82) is 0 Å². The molecule has 0 heterocycles. The molecule has 42 heavy (non-hydrogen) atoms. The summed E-state index contributed by atoms with van der Waals surface area (Å²) in [6.45, 7) is 15.5. The molecular formula is C28H58O14. The van der Waals surface area contributed by atoms with E-state index < -0.39 is 0 Å². The maximum absolute atomic E-state index is 8.57. The fraction of sp³-hybridized carbons (Fsp3) is 1.00. The molecule has 0 aliphatic rings. The minimum Gasteiger partial charge on any atom is -0.394 e. The third-order valence-corrected chi connectivity index (χ3v) is 4.90. The average molecular weight is 619 g/mol. The van der Waals surface area contributed by atoms with Crippen LogP contribution >= 0.6 is 0 Å². The third-order valence-electron chi connectivity index (χ3n) is 4.90. The van der Waals surface area contributed by atoms with Gasteiger partial charge < -0.3 is 66.7 Å². The molecular weight excluding hydrogens is 560 g/mol. The van der Waals surface area contributed by atoms with Crippen molar-refractivity contribution in [3.05, 3.63) is 0 Å². The minimum absolute atomic E-state index is 0.0256. The van der Waals surface area contributed by atoms with Gasteiger partial charge in [-0.25, -0.2) is 0 Å². The van der Waals surface area contributed by atoms with Crippen molar-refractivity contribution in [3.8, 4) is 0 Å². The van der Waals surface area contributed by atoms with Crippen LogP contribution in [-0.4, -0.2) is 183 Å². The van der Waals surface area contributed by atoms with Gasteiger partial charge in [-0.15, -0.1) is 0 Å². The van der Waals surface area contributed by atoms with Gasteiger partial charge in [-0.1, -0.05) is 0 Å². The van der Waals surface area contributed by atoms with Crippen LogP contribution in [0.3, 0.4) is 0 Å². The van der Waals surface area contributed by atoms with E-state index in [9.17, 15) is 0 Å². The molecule has 1 N–H and O–H groups in total. The second kappa shape index (κ2) is 40.4. The van der Waals surface area contributed by atoms with Crippen molar-refractivity contribution < 1.29 is 66.7 Å². The molecule has 0 aromatic carbocycles. The number of hydrogen-bond acceptors (Lipinski definition) is 14. The molecule has 0 aliphatic carbocycles. The maximum Gasteiger partial charge on any atom is 0.0701 e. The monoisotopic (exact) mass is 618 g/mol. The summed E-state index contributed by atoms with van der Waals surface area (Å²) in [6.07, 6.45) is 0. The Labute approximate surface area is 252 Å². The second-order valence-electron chi connectivity index (χ2n) is 8.27. The summed E-state index contributed by atoms with van der Waals surface area (Å²) in [5.74, 6) is 0. The standard InChI is InChI=1S/C28H58O14/c1-2-30-5-6-32-9-10-34-13-14-36-17-18-38-21-22-40-25-26-42-28-27-41-24-23-39-20-19-37-16-15-35-12-11-33-8-7-31-4-3-29/h29H,2-28H2,1H3. The highest BCUT2D eigenvalue weighted by Crippen LogP contribution is 1.87. The number of rotatable bonds is 39. The van der Waals surface area contributed by atoms with E-state index in [1.54, 1.807) is 0 Å². The van der Waals surface area contributed by atoms with E-state index in [1.165, 1.54) is 0 Å². The highest BCUT2D eigenvalue weighted by molar-refractivity contribution is 4.39. The van der Waals surface area contributed by atoms with Gasteiger partial charge in [0.2, 0.25) is 0 Å². The summed E-state index contributed by atoms with van der Waals surface area (Å²) < 4.78 is 69.9. The first kappa shape index (κ1) is 41.4. The lowest BCUT2D eigenvalue weighted by atomic mass is 10.6. The summed E-state index contributed by atoms with van der Waals surface area (Å²) in [4.78, 5) is 0. The summed E-state index contributed by atoms with van der Waals surface area (Å²) >= 11 is 0. The zero-order valence-electron chi connectivity index (χ0n) is 25.8. The molecule has 254 valence electrons. The zero-order chi connectivity index (χ0) is 30.3. The molecule has 0 aromatic rings. The number of aliphatic hydroxyl groups excluding tert-OH is 1. The van der Waals surface area contributed by atoms with E-state index in [2.05, 4.69) is 0 Å². The van der Waals surface area contributed by atoms with E-state index in [0.717, 1.165) is 0 Å². The van der Waals surface area contributed by atoms with E-state index in [4.69, 9.17) is 66.7 Å².